The van der Waals surface area contributed by atoms with E-state index in [1.54, 1.807) is 0 Å². The molecule has 1 fully saturated rings. The van der Waals surface area contributed by atoms with Crippen LogP contribution in [0.25, 0.3) is 0 Å². The molecule has 0 aromatic rings. The van der Waals surface area contributed by atoms with Crippen LogP contribution in [0, 0.1) is 0 Å². The van der Waals surface area contributed by atoms with E-state index < -0.39 is 0 Å². The lowest BCUT2D eigenvalue weighted by molar-refractivity contribution is 0.688. The highest BCUT2D eigenvalue weighted by atomic mass is 15.3. The molecule has 1 saturated heterocycles. The van der Waals surface area contributed by atoms with Crippen LogP contribution in [0.3, 0.4) is 0 Å². The van der Waals surface area contributed by atoms with Gasteiger partial charge in [0.2, 0.25) is 0 Å². The molecule has 0 saturated carbocycles. The van der Waals surface area contributed by atoms with E-state index in [4.69, 9.17) is 5.73 Å². The lowest BCUT2D eigenvalue weighted by Crippen LogP contribution is -2.22. The van der Waals surface area contributed by atoms with Gasteiger partial charge in [-0.2, -0.15) is 0 Å². The minimum Gasteiger partial charge on any atom is -0.329 e. The summed E-state index contributed by atoms with van der Waals surface area (Å²) in [5.74, 6) is 0. The van der Waals surface area contributed by atoms with Crippen LogP contribution < -0.4 is 16.4 Å². The standard InChI is InChI=1S/C5H13N3/c1-2-7-5-4(3-6)8-5/h4-5,7-8H,2-3,6H2,1H3. The summed E-state index contributed by atoms with van der Waals surface area (Å²) in [4.78, 5) is 0. The molecule has 1 aliphatic rings. The maximum Gasteiger partial charge on any atom is 0.0746 e. The minimum atomic E-state index is 0.505. The molecule has 1 heterocycles. The number of rotatable bonds is 3. The van der Waals surface area contributed by atoms with Crippen LogP contribution in [0.15, 0.2) is 0 Å². The first-order chi connectivity index (χ1) is 3.88. The van der Waals surface area contributed by atoms with Crippen molar-refractivity contribution < 1.29 is 0 Å². The minimum absolute atomic E-state index is 0.505. The highest BCUT2D eigenvalue weighted by Gasteiger charge is 2.33. The summed E-state index contributed by atoms with van der Waals surface area (Å²) >= 11 is 0. The summed E-state index contributed by atoms with van der Waals surface area (Å²) in [7, 11) is 0. The third kappa shape index (κ3) is 1.18. The van der Waals surface area contributed by atoms with Crippen molar-refractivity contribution in [2.45, 2.75) is 19.1 Å². The van der Waals surface area contributed by atoms with Gasteiger partial charge in [0.15, 0.2) is 0 Å². The lowest BCUT2D eigenvalue weighted by Gasteiger charge is -1.92. The lowest BCUT2D eigenvalue weighted by atomic mass is 10.4. The Morgan fingerprint density at radius 1 is 1.75 bits per heavy atom. The highest BCUT2D eigenvalue weighted by Crippen LogP contribution is 2.03. The fraction of sp³-hybridized carbons (Fsp3) is 1.00. The van der Waals surface area contributed by atoms with Crippen molar-refractivity contribution in [3.05, 3.63) is 0 Å². The summed E-state index contributed by atoms with van der Waals surface area (Å²) in [6, 6.07) is 0.537. The van der Waals surface area contributed by atoms with Crippen molar-refractivity contribution in [2.75, 3.05) is 13.1 Å². The second-order valence-electron chi connectivity index (χ2n) is 2.04. The van der Waals surface area contributed by atoms with Crippen LogP contribution in [0.1, 0.15) is 6.92 Å². The molecule has 3 heteroatoms. The van der Waals surface area contributed by atoms with Gasteiger partial charge >= 0.3 is 0 Å². The zero-order chi connectivity index (χ0) is 5.98. The predicted octanol–water partition coefficient (Wildman–Crippen LogP) is -1.15. The van der Waals surface area contributed by atoms with E-state index in [1.807, 2.05) is 0 Å². The molecule has 2 atom stereocenters. The Bertz CT molecular complexity index is 74.1. The maximum absolute atomic E-state index is 5.35. The molecular weight excluding hydrogens is 102 g/mol. The normalized spacial score (nSPS) is 35.2. The van der Waals surface area contributed by atoms with Crippen LogP contribution in [-0.2, 0) is 0 Å². The Hall–Kier alpha value is -0.120. The average molecular weight is 115 g/mol. The molecule has 2 unspecified atom stereocenters. The van der Waals surface area contributed by atoms with Gasteiger partial charge < -0.3 is 11.1 Å². The molecule has 0 spiro atoms. The summed E-state index contributed by atoms with van der Waals surface area (Å²) in [6.07, 6.45) is 0.505. The fourth-order valence-corrected chi connectivity index (χ4v) is 0.800. The van der Waals surface area contributed by atoms with E-state index in [-0.39, 0.29) is 0 Å². The molecule has 0 aromatic carbocycles. The molecule has 0 aromatic heterocycles. The molecule has 0 bridgehead atoms. The Morgan fingerprint density at radius 3 is 2.88 bits per heavy atom. The van der Waals surface area contributed by atoms with E-state index in [1.165, 1.54) is 0 Å². The maximum atomic E-state index is 5.35. The smallest absolute Gasteiger partial charge is 0.0746 e. The summed E-state index contributed by atoms with van der Waals surface area (Å²) < 4.78 is 0. The zero-order valence-corrected chi connectivity index (χ0v) is 5.15. The number of likely N-dealkylation sites (N-methyl/N-ethyl adjacent to an activating group) is 1. The molecule has 0 aliphatic carbocycles. The third-order valence-electron chi connectivity index (χ3n) is 1.36. The Morgan fingerprint density at radius 2 is 2.50 bits per heavy atom. The summed E-state index contributed by atoms with van der Waals surface area (Å²) in [6.45, 7) is 3.86. The van der Waals surface area contributed by atoms with Gasteiger partial charge in [0.1, 0.15) is 0 Å². The van der Waals surface area contributed by atoms with Crippen LogP contribution in [-0.4, -0.2) is 25.3 Å². The quantitative estimate of drug-likeness (QED) is 0.407. The van der Waals surface area contributed by atoms with Crippen molar-refractivity contribution in [1.82, 2.24) is 10.6 Å². The first-order valence-corrected chi connectivity index (χ1v) is 3.08. The number of hydrogen-bond acceptors (Lipinski definition) is 3. The van der Waals surface area contributed by atoms with Crippen LogP contribution in [0.5, 0.6) is 0 Å². The van der Waals surface area contributed by atoms with Crippen molar-refractivity contribution in [2.24, 2.45) is 5.73 Å². The Kier molecular flexibility index (Phi) is 1.83. The van der Waals surface area contributed by atoms with E-state index in [0.29, 0.717) is 12.2 Å². The molecule has 48 valence electrons. The molecule has 4 N–H and O–H groups in total. The number of nitrogens with one attached hydrogen (secondary N) is 2. The monoisotopic (exact) mass is 115 g/mol. The van der Waals surface area contributed by atoms with Gasteiger partial charge in [-0.05, 0) is 6.54 Å². The second-order valence-corrected chi connectivity index (χ2v) is 2.04. The molecule has 1 rings (SSSR count). The van der Waals surface area contributed by atoms with E-state index in [0.717, 1.165) is 13.1 Å². The molecule has 0 radical (unpaired) electrons. The zero-order valence-electron chi connectivity index (χ0n) is 5.15. The Labute approximate surface area is 49.6 Å². The molecule has 0 amide bonds. The summed E-state index contributed by atoms with van der Waals surface area (Å²) in [5, 5.41) is 6.41. The van der Waals surface area contributed by atoms with Crippen molar-refractivity contribution in [1.29, 1.82) is 0 Å². The molecule has 1 aliphatic heterocycles. The first kappa shape index (κ1) is 6.01. The highest BCUT2D eigenvalue weighted by molar-refractivity contribution is 4.95. The predicted molar refractivity (Wildman–Crippen MR) is 33.4 cm³/mol. The fourth-order valence-electron chi connectivity index (χ4n) is 0.800. The molecule has 3 nitrogen and oxygen atoms in total. The summed E-state index contributed by atoms with van der Waals surface area (Å²) in [5.41, 5.74) is 5.35. The molecule has 8 heavy (non-hydrogen) atoms. The third-order valence-corrected chi connectivity index (χ3v) is 1.36. The number of hydrogen-bond donors (Lipinski definition) is 3. The van der Waals surface area contributed by atoms with Gasteiger partial charge in [-0.3, -0.25) is 5.32 Å². The Balaban J connectivity index is 1.99. The van der Waals surface area contributed by atoms with Gasteiger partial charge in [0.05, 0.1) is 6.17 Å². The SMILES string of the molecule is CCNC1NC1CN. The molecular formula is C5H13N3. The van der Waals surface area contributed by atoms with Crippen LogP contribution in [0.2, 0.25) is 0 Å². The average Bonchev–Trinajstić information content (AvgIpc) is 2.48. The second kappa shape index (κ2) is 2.44. The van der Waals surface area contributed by atoms with E-state index >= 15 is 0 Å². The van der Waals surface area contributed by atoms with Crippen LogP contribution >= 0.6 is 0 Å². The van der Waals surface area contributed by atoms with Gasteiger partial charge in [-0.1, -0.05) is 6.92 Å². The first-order valence-electron chi connectivity index (χ1n) is 3.08. The van der Waals surface area contributed by atoms with Gasteiger partial charge in [0.25, 0.3) is 0 Å². The van der Waals surface area contributed by atoms with Gasteiger partial charge in [0, 0.05) is 12.6 Å². The topological polar surface area (TPSA) is 60.0 Å². The number of nitrogens with two attached hydrogens (primary N) is 1. The van der Waals surface area contributed by atoms with Crippen molar-refractivity contribution in [3.8, 4) is 0 Å². The van der Waals surface area contributed by atoms with E-state index in [9.17, 15) is 0 Å². The van der Waals surface area contributed by atoms with Gasteiger partial charge in [-0.25, -0.2) is 0 Å². The largest absolute Gasteiger partial charge is 0.329 e. The van der Waals surface area contributed by atoms with Gasteiger partial charge in [-0.15, -0.1) is 0 Å². The van der Waals surface area contributed by atoms with E-state index in [2.05, 4.69) is 17.6 Å². The van der Waals surface area contributed by atoms with Crippen molar-refractivity contribution >= 4 is 0 Å². The van der Waals surface area contributed by atoms with Crippen LogP contribution in [0.4, 0.5) is 0 Å². The van der Waals surface area contributed by atoms with Crippen molar-refractivity contribution in [3.63, 3.8) is 0 Å².